The highest BCUT2D eigenvalue weighted by molar-refractivity contribution is 9.10. The van der Waals surface area contributed by atoms with Gasteiger partial charge in [-0.25, -0.2) is 9.97 Å². The van der Waals surface area contributed by atoms with Crippen molar-refractivity contribution in [1.82, 2.24) is 9.97 Å². The van der Waals surface area contributed by atoms with Gasteiger partial charge in [-0.1, -0.05) is 22.9 Å². The molecule has 1 heterocycles. The van der Waals surface area contributed by atoms with E-state index in [1.807, 2.05) is 25.1 Å². The number of carbonyl (C=O) groups excluding carboxylic acids is 1. The van der Waals surface area contributed by atoms with Crippen LogP contribution in [0.2, 0.25) is 0 Å². The lowest BCUT2D eigenvalue weighted by Gasteiger charge is -2.10. The molecule has 0 unspecified atom stereocenters. The Balaban J connectivity index is 2.18. The summed E-state index contributed by atoms with van der Waals surface area (Å²) in [4.78, 5) is 20.3. The molecule has 0 aliphatic carbocycles. The molecule has 6 heteroatoms. The Morgan fingerprint density at radius 2 is 2.10 bits per heavy atom. The van der Waals surface area contributed by atoms with Crippen molar-refractivity contribution in [3.05, 3.63) is 46.3 Å². The van der Waals surface area contributed by atoms with E-state index in [-0.39, 0.29) is 11.6 Å². The predicted octanol–water partition coefficient (Wildman–Crippen LogP) is 3.10. The second-order valence-electron chi connectivity index (χ2n) is 4.15. The second-order valence-corrected chi connectivity index (χ2v) is 5.06. The summed E-state index contributed by atoms with van der Waals surface area (Å²) in [5.74, 6) is 0.358. The van der Waals surface area contributed by atoms with Gasteiger partial charge in [-0.3, -0.25) is 4.79 Å². The minimum absolute atomic E-state index is 0.267. The number of anilines is 2. The van der Waals surface area contributed by atoms with E-state index in [1.54, 1.807) is 7.05 Å². The summed E-state index contributed by atoms with van der Waals surface area (Å²) in [7, 11) is 1.75. The van der Waals surface area contributed by atoms with Crippen LogP contribution in [-0.4, -0.2) is 22.9 Å². The van der Waals surface area contributed by atoms with E-state index < -0.39 is 0 Å². The SMILES string of the molecule is CCc1cc(Br)ccc1NC(=O)c1cnc(NC)cn1. The van der Waals surface area contributed by atoms with Crippen LogP contribution in [0.15, 0.2) is 35.1 Å². The van der Waals surface area contributed by atoms with Crippen molar-refractivity contribution < 1.29 is 4.79 Å². The summed E-state index contributed by atoms with van der Waals surface area (Å²) in [5, 5.41) is 5.72. The standard InChI is InChI=1S/C14H15BrN4O/c1-3-9-6-10(15)4-5-11(9)19-14(20)12-7-18-13(16-2)8-17-12/h4-8H,3H2,1-2H3,(H,16,18)(H,19,20). The summed E-state index contributed by atoms with van der Waals surface area (Å²) in [6.45, 7) is 2.04. The molecule has 2 aromatic rings. The van der Waals surface area contributed by atoms with Gasteiger partial charge in [0, 0.05) is 17.2 Å². The molecule has 2 N–H and O–H groups in total. The highest BCUT2D eigenvalue weighted by Crippen LogP contribution is 2.22. The highest BCUT2D eigenvalue weighted by atomic mass is 79.9. The molecule has 0 aliphatic rings. The molecule has 20 heavy (non-hydrogen) atoms. The van der Waals surface area contributed by atoms with Gasteiger partial charge in [0.15, 0.2) is 0 Å². The van der Waals surface area contributed by atoms with E-state index in [1.165, 1.54) is 12.4 Å². The molecule has 0 saturated heterocycles. The third kappa shape index (κ3) is 3.33. The van der Waals surface area contributed by atoms with Crippen LogP contribution in [0, 0.1) is 0 Å². The molecule has 0 aliphatic heterocycles. The lowest BCUT2D eigenvalue weighted by molar-refractivity contribution is 0.102. The van der Waals surface area contributed by atoms with Gasteiger partial charge in [-0.15, -0.1) is 0 Å². The molecule has 104 valence electrons. The topological polar surface area (TPSA) is 66.9 Å². The largest absolute Gasteiger partial charge is 0.372 e. The molecule has 0 spiro atoms. The van der Waals surface area contributed by atoms with Gasteiger partial charge in [0.25, 0.3) is 5.91 Å². The number of halogens is 1. The Hall–Kier alpha value is -1.95. The molecule has 1 amide bonds. The molecular weight excluding hydrogens is 320 g/mol. The Labute approximate surface area is 126 Å². The molecule has 5 nitrogen and oxygen atoms in total. The van der Waals surface area contributed by atoms with Crippen molar-refractivity contribution in [2.75, 3.05) is 17.7 Å². The van der Waals surface area contributed by atoms with Gasteiger partial charge in [0.1, 0.15) is 11.5 Å². The maximum absolute atomic E-state index is 12.1. The van der Waals surface area contributed by atoms with Crippen molar-refractivity contribution in [3.63, 3.8) is 0 Å². The Morgan fingerprint density at radius 3 is 2.70 bits per heavy atom. The normalized spacial score (nSPS) is 10.2. The van der Waals surface area contributed by atoms with E-state index in [2.05, 4.69) is 36.5 Å². The summed E-state index contributed by atoms with van der Waals surface area (Å²) in [6, 6.07) is 5.76. The molecule has 2 rings (SSSR count). The smallest absolute Gasteiger partial charge is 0.275 e. The van der Waals surface area contributed by atoms with Gasteiger partial charge in [0.2, 0.25) is 0 Å². The van der Waals surface area contributed by atoms with Gasteiger partial charge in [-0.2, -0.15) is 0 Å². The zero-order valence-corrected chi connectivity index (χ0v) is 12.9. The van der Waals surface area contributed by atoms with Crippen LogP contribution in [0.25, 0.3) is 0 Å². The Morgan fingerprint density at radius 1 is 1.30 bits per heavy atom. The monoisotopic (exact) mass is 334 g/mol. The number of hydrogen-bond acceptors (Lipinski definition) is 4. The van der Waals surface area contributed by atoms with Gasteiger partial charge < -0.3 is 10.6 Å². The van der Waals surface area contributed by atoms with Crippen molar-refractivity contribution in [3.8, 4) is 0 Å². The number of aryl methyl sites for hydroxylation is 1. The number of benzene rings is 1. The number of nitrogens with one attached hydrogen (secondary N) is 2. The van der Waals surface area contributed by atoms with Gasteiger partial charge >= 0.3 is 0 Å². The van der Waals surface area contributed by atoms with Crippen molar-refractivity contribution in [2.45, 2.75) is 13.3 Å². The number of hydrogen-bond donors (Lipinski definition) is 2. The highest BCUT2D eigenvalue weighted by Gasteiger charge is 2.10. The minimum atomic E-state index is -0.267. The quantitative estimate of drug-likeness (QED) is 0.901. The number of amides is 1. The van der Waals surface area contributed by atoms with E-state index in [0.29, 0.717) is 5.82 Å². The van der Waals surface area contributed by atoms with Crippen LogP contribution >= 0.6 is 15.9 Å². The molecule has 1 aromatic heterocycles. The van der Waals surface area contributed by atoms with Crippen molar-refractivity contribution >= 4 is 33.3 Å². The van der Waals surface area contributed by atoms with E-state index in [0.717, 1.165) is 22.1 Å². The minimum Gasteiger partial charge on any atom is -0.372 e. The maximum Gasteiger partial charge on any atom is 0.275 e. The molecular formula is C14H15BrN4O. The summed E-state index contributed by atoms with van der Waals surface area (Å²) in [5.41, 5.74) is 2.14. The summed E-state index contributed by atoms with van der Waals surface area (Å²) < 4.78 is 0.991. The molecule has 0 bridgehead atoms. The number of rotatable bonds is 4. The van der Waals surface area contributed by atoms with Crippen LogP contribution in [-0.2, 0) is 6.42 Å². The van der Waals surface area contributed by atoms with Gasteiger partial charge in [0.05, 0.1) is 12.4 Å². The Bertz CT molecular complexity index is 613. The third-order valence-corrected chi connectivity index (χ3v) is 3.33. The zero-order valence-electron chi connectivity index (χ0n) is 11.3. The average molecular weight is 335 g/mol. The Kier molecular flexibility index (Phi) is 4.68. The predicted molar refractivity (Wildman–Crippen MR) is 83.1 cm³/mol. The van der Waals surface area contributed by atoms with E-state index in [4.69, 9.17) is 0 Å². The first kappa shape index (κ1) is 14.5. The molecule has 1 aromatic carbocycles. The summed E-state index contributed by atoms with van der Waals surface area (Å²) in [6.07, 6.45) is 3.81. The lowest BCUT2D eigenvalue weighted by Crippen LogP contribution is -2.15. The first-order chi connectivity index (χ1) is 9.63. The first-order valence-corrected chi connectivity index (χ1v) is 7.03. The van der Waals surface area contributed by atoms with Crippen LogP contribution in [0.4, 0.5) is 11.5 Å². The number of nitrogens with zero attached hydrogens (tertiary/aromatic N) is 2. The van der Waals surface area contributed by atoms with Crippen LogP contribution in [0.3, 0.4) is 0 Å². The first-order valence-electron chi connectivity index (χ1n) is 6.23. The fraction of sp³-hybridized carbons (Fsp3) is 0.214. The third-order valence-electron chi connectivity index (χ3n) is 2.84. The average Bonchev–Trinajstić information content (AvgIpc) is 2.49. The number of carbonyl (C=O) groups is 1. The molecule has 0 radical (unpaired) electrons. The summed E-state index contributed by atoms with van der Waals surface area (Å²) >= 11 is 3.42. The van der Waals surface area contributed by atoms with Crippen LogP contribution < -0.4 is 10.6 Å². The lowest BCUT2D eigenvalue weighted by atomic mass is 10.1. The van der Waals surface area contributed by atoms with Crippen LogP contribution in [0.5, 0.6) is 0 Å². The van der Waals surface area contributed by atoms with E-state index in [9.17, 15) is 4.79 Å². The van der Waals surface area contributed by atoms with Crippen molar-refractivity contribution in [2.24, 2.45) is 0 Å². The van der Waals surface area contributed by atoms with Gasteiger partial charge in [-0.05, 0) is 30.2 Å². The number of aromatic nitrogens is 2. The van der Waals surface area contributed by atoms with Crippen molar-refractivity contribution in [1.29, 1.82) is 0 Å². The second kappa shape index (κ2) is 6.47. The fourth-order valence-electron chi connectivity index (χ4n) is 1.74. The van der Waals surface area contributed by atoms with Crippen LogP contribution in [0.1, 0.15) is 23.0 Å². The fourth-order valence-corrected chi connectivity index (χ4v) is 2.15. The molecule has 0 fully saturated rings. The molecule has 0 saturated carbocycles. The van der Waals surface area contributed by atoms with E-state index >= 15 is 0 Å². The molecule has 0 atom stereocenters. The zero-order chi connectivity index (χ0) is 14.5. The maximum atomic E-state index is 12.1.